The Bertz CT molecular complexity index is 415. The van der Waals surface area contributed by atoms with Gasteiger partial charge in [-0.05, 0) is 12.8 Å². The highest BCUT2D eigenvalue weighted by Crippen LogP contribution is 2.15. The number of ether oxygens (including phenoxy) is 2. The molecule has 0 saturated carbocycles. The molecule has 9 heteroatoms. The molecule has 0 aromatic rings. The topological polar surface area (TPSA) is 117 Å². The Morgan fingerprint density at radius 3 is 2.23 bits per heavy atom. The number of hydrogen-bond donors (Lipinski definition) is 2. The van der Waals surface area contributed by atoms with Crippen LogP contribution in [-0.4, -0.2) is 77.2 Å². The van der Waals surface area contributed by atoms with E-state index in [1.165, 1.54) is 0 Å². The highest BCUT2D eigenvalue weighted by molar-refractivity contribution is 5.86. The molecule has 2 atom stereocenters. The first-order valence-electron chi connectivity index (χ1n) is 7.11. The Hall–Kier alpha value is -1.87. The molecule has 1 aliphatic rings. The molecule has 2 unspecified atom stereocenters. The predicted molar refractivity (Wildman–Crippen MR) is 73.3 cm³/mol. The molecule has 0 radical (unpaired) electrons. The van der Waals surface area contributed by atoms with Gasteiger partial charge in [0.15, 0.2) is 0 Å². The van der Waals surface area contributed by atoms with Gasteiger partial charge in [-0.15, -0.1) is 0 Å². The highest BCUT2D eigenvalue weighted by Gasteiger charge is 2.39. The monoisotopic (exact) mass is 318 g/mol. The number of aliphatic hydroxyl groups excluding tert-OH is 2. The van der Waals surface area contributed by atoms with Gasteiger partial charge in [0.2, 0.25) is 12.5 Å². The third kappa shape index (κ3) is 4.31. The van der Waals surface area contributed by atoms with Gasteiger partial charge in [-0.1, -0.05) is 13.3 Å². The van der Waals surface area contributed by atoms with Crippen molar-refractivity contribution in [1.29, 1.82) is 0 Å². The summed E-state index contributed by atoms with van der Waals surface area (Å²) in [6.45, 7) is 2.31. The smallest absolute Gasteiger partial charge is 0.356 e. The fourth-order valence-corrected chi connectivity index (χ4v) is 1.97. The number of esters is 2. The molecule has 1 fully saturated rings. The van der Waals surface area contributed by atoms with E-state index < -0.39 is 30.4 Å². The molecule has 1 aliphatic heterocycles. The maximum absolute atomic E-state index is 12.2. The molecule has 0 bridgehead atoms. The summed E-state index contributed by atoms with van der Waals surface area (Å²) < 4.78 is 9.22. The summed E-state index contributed by atoms with van der Waals surface area (Å²) in [6, 6.07) is -0.830. The van der Waals surface area contributed by atoms with Crippen LogP contribution in [0.4, 0.5) is 4.79 Å². The molecule has 9 nitrogen and oxygen atoms in total. The van der Waals surface area contributed by atoms with Crippen LogP contribution >= 0.6 is 0 Å². The highest BCUT2D eigenvalue weighted by atomic mass is 16.6. The molecule has 1 saturated heterocycles. The second kappa shape index (κ2) is 8.54. The van der Waals surface area contributed by atoms with Crippen molar-refractivity contribution in [1.82, 2.24) is 9.80 Å². The fourth-order valence-electron chi connectivity index (χ4n) is 1.97. The van der Waals surface area contributed by atoms with Gasteiger partial charge in [-0.25, -0.2) is 14.4 Å². The van der Waals surface area contributed by atoms with E-state index in [0.29, 0.717) is 12.8 Å². The van der Waals surface area contributed by atoms with Crippen molar-refractivity contribution in [2.45, 2.75) is 38.6 Å². The van der Waals surface area contributed by atoms with Gasteiger partial charge < -0.3 is 19.7 Å². The van der Waals surface area contributed by atoms with Crippen molar-refractivity contribution in [3.05, 3.63) is 0 Å². The third-order valence-electron chi connectivity index (χ3n) is 3.24. The van der Waals surface area contributed by atoms with E-state index in [2.05, 4.69) is 4.74 Å². The molecule has 0 spiro atoms. The van der Waals surface area contributed by atoms with Crippen LogP contribution < -0.4 is 0 Å². The number of carbonyl (C=O) groups excluding carboxylic acids is 3. The average Bonchev–Trinajstić information content (AvgIpc) is 2.53. The maximum atomic E-state index is 12.2. The Kier molecular flexibility index (Phi) is 7.06. The van der Waals surface area contributed by atoms with Crippen LogP contribution in [-0.2, 0) is 19.1 Å². The van der Waals surface area contributed by atoms with E-state index in [1.54, 1.807) is 0 Å². The number of unbranched alkanes of at least 4 members (excludes halogenated alkanes) is 1. The minimum atomic E-state index is -1.77. The van der Waals surface area contributed by atoms with Crippen LogP contribution in [0.3, 0.4) is 0 Å². The molecule has 0 aromatic heterocycles. The van der Waals surface area contributed by atoms with Gasteiger partial charge >= 0.3 is 18.0 Å². The lowest BCUT2D eigenvalue weighted by Gasteiger charge is -2.38. The van der Waals surface area contributed by atoms with E-state index in [0.717, 1.165) is 23.3 Å². The summed E-state index contributed by atoms with van der Waals surface area (Å²) >= 11 is 0. The predicted octanol–water partition coefficient (Wildman–Crippen LogP) is -0.733. The van der Waals surface area contributed by atoms with Gasteiger partial charge in [0.05, 0.1) is 13.7 Å². The van der Waals surface area contributed by atoms with Crippen molar-refractivity contribution in [3.8, 4) is 0 Å². The molecule has 22 heavy (non-hydrogen) atoms. The summed E-state index contributed by atoms with van der Waals surface area (Å²) in [7, 11) is 1.08. The van der Waals surface area contributed by atoms with Crippen LogP contribution in [0.1, 0.15) is 26.2 Å². The number of carbonyl (C=O) groups is 3. The van der Waals surface area contributed by atoms with Gasteiger partial charge in [-0.3, -0.25) is 9.80 Å². The summed E-state index contributed by atoms with van der Waals surface area (Å²) in [5.74, 6) is -1.92. The molecule has 2 N–H and O–H groups in total. The first-order valence-corrected chi connectivity index (χ1v) is 7.11. The quantitative estimate of drug-likeness (QED) is 0.469. The standard InChI is InChI=1S/C13H22N2O7/c1-3-4-8-22-12(19)10(17)15-7-5-6-14(13(15)20)9(16)11(18)21-2/h9-10,16-17H,3-8H2,1-2H3. The van der Waals surface area contributed by atoms with Crippen LogP contribution in [0.15, 0.2) is 0 Å². The van der Waals surface area contributed by atoms with Crippen LogP contribution in [0.25, 0.3) is 0 Å². The van der Waals surface area contributed by atoms with Crippen molar-refractivity contribution >= 4 is 18.0 Å². The van der Waals surface area contributed by atoms with Crippen LogP contribution in [0.2, 0.25) is 0 Å². The van der Waals surface area contributed by atoms with Gasteiger partial charge in [0, 0.05) is 13.1 Å². The lowest BCUT2D eigenvalue weighted by Crippen LogP contribution is -2.59. The van der Waals surface area contributed by atoms with Crippen LogP contribution in [0, 0.1) is 0 Å². The fraction of sp³-hybridized carbons (Fsp3) is 0.769. The van der Waals surface area contributed by atoms with E-state index in [9.17, 15) is 24.6 Å². The molecular weight excluding hydrogens is 296 g/mol. The van der Waals surface area contributed by atoms with E-state index in [1.807, 2.05) is 6.92 Å². The molecule has 1 heterocycles. The Labute approximate surface area is 128 Å². The van der Waals surface area contributed by atoms with Gasteiger partial charge in [-0.2, -0.15) is 0 Å². The molecule has 2 amide bonds. The lowest BCUT2D eigenvalue weighted by atomic mass is 10.2. The Morgan fingerprint density at radius 1 is 1.18 bits per heavy atom. The minimum absolute atomic E-state index is 0.114. The summed E-state index contributed by atoms with van der Waals surface area (Å²) in [6.07, 6.45) is -1.69. The number of urea groups is 1. The van der Waals surface area contributed by atoms with E-state index in [4.69, 9.17) is 4.74 Å². The number of aliphatic hydroxyl groups is 2. The van der Waals surface area contributed by atoms with E-state index >= 15 is 0 Å². The number of rotatable bonds is 7. The lowest BCUT2D eigenvalue weighted by molar-refractivity contribution is -0.167. The first-order chi connectivity index (χ1) is 10.4. The Morgan fingerprint density at radius 2 is 1.73 bits per heavy atom. The van der Waals surface area contributed by atoms with Crippen LogP contribution in [0.5, 0.6) is 0 Å². The van der Waals surface area contributed by atoms with Gasteiger partial charge in [0.25, 0.3) is 0 Å². The van der Waals surface area contributed by atoms with Crippen molar-refractivity contribution in [3.63, 3.8) is 0 Å². The summed E-state index contributed by atoms with van der Waals surface area (Å²) in [5.41, 5.74) is 0. The molecular formula is C13H22N2O7. The second-order valence-electron chi connectivity index (χ2n) is 4.81. The molecule has 0 aromatic carbocycles. The first kappa shape index (κ1) is 18.2. The number of amides is 2. The van der Waals surface area contributed by atoms with E-state index in [-0.39, 0.29) is 19.7 Å². The zero-order valence-corrected chi connectivity index (χ0v) is 12.7. The van der Waals surface area contributed by atoms with Crippen molar-refractivity contribution in [2.75, 3.05) is 26.8 Å². The summed E-state index contributed by atoms with van der Waals surface area (Å²) in [5, 5.41) is 19.6. The van der Waals surface area contributed by atoms with Crippen molar-refractivity contribution < 1.29 is 34.1 Å². The SMILES string of the molecule is CCCCOC(=O)C(O)N1CCCN(C(O)C(=O)OC)C1=O. The normalized spacial score (nSPS) is 17.9. The molecule has 0 aliphatic carbocycles. The maximum Gasteiger partial charge on any atom is 0.356 e. The second-order valence-corrected chi connectivity index (χ2v) is 4.81. The van der Waals surface area contributed by atoms with Gasteiger partial charge in [0.1, 0.15) is 0 Å². The number of nitrogens with zero attached hydrogens (tertiary/aromatic N) is 2. The molecule has 126 valence electrons. The summed E-state index contributed by atoms with van der Waals surface area (Å²) in [4.78, 5) is 36.9. The number of methoxy groups -OCH3 is 1. The third-order valence-corrected chi connectivity index (χ3v) is 3.24. The Balaban J connectivity index is 2.68. The van der Waals surface area contributed by atoms with Crippen molar-refractivity contribution in [2.24, 2.45) is 0 Å². The zero-order valence-electron chi connectivity index (χ0n) is 12.7. The molecule has 1 rings (SSSR count). The zero-order chi connectivity index (χ0) is 16.7. The average molecular weight is 318 g/mol. The number of hydrogen-bond acceptors (Lipinski definition) is 7. The largest absolute Gasteiger partial charge is 0.466 e. The minimum Gasteiger partial charge on any atom is -0.466 e.